The van der Waals surface area contributed by atoms with Gasteiger partial charge < -0.3 is 9.47 Å². The smallest absolute Gasteiger partial charge is 0.338 e. The van der Waals surface area contributed by atoms with Crippen LogP contribution in [-0.2, 0) is 18.0 Å². The summed E-state index contributed by atoms with van der Waals surface area (Å²) >= 11 is 5.90. The largest absolute Gasteiger partial charge is 0.489 e. The number of fused-ring (bicyclic) bond motifs is 1. The van der Waals surface area contributed by atoms with Gasteiger partial charge in [-0.05, 0) is 48.0 Å². The Labute approximate surface area is 181 Å². The number of pyridine rings is 1. The van der Waals surface area contributed by atoms with E-state index in [0.717, 1.165) is 5.56 Å². The molecule has 0 radical (unpaired) electrons. The second kappa shape index (κ2) is 8.97. The summed E-state index contributed by atoms with van der Waals surface area (Å²) in [6, 6.07) is 17.0. The summed E-state index contributed by atoms with van der Waals surface area (Å²) in [4.78, 5) is 28.9. The van der Waals surface area contributed by atoms with Crippen LogP contribution in [0, 0.1) is 5.82 Å². The van der Waals surface area contributed by atoms with E-state index in [1.165, 1.54) is 28.8 Å². The van der Waals surface area contributed by atoms with Crippen molar-refractivity contribution in [2.75, 3.05) is 0 Å². The van der Waals surface area contributed by atoms with Crippen LogP contribution in [0.4, 0.5) is 4.39 Å². The fourth-order valence-corrected chi connectivity index (χ4v) is 3.04. The number of aromatic nitrogens is 2. The number of benzene rings is 2. The van der Waals surface area contributed by atoms with Gasteiger partial charge in [0.15, 0.2) is 0 Å². The lowest BCUT2D eigenvalue weighted by Crippen LogP contribution is -2.16. The zero-order valence-corrected chi connectivity index (χ0v) is 16.9. The maximum Gasteiger partial charge on any atom is 0.338 e. The average molecular weight is 439 g/mol. The summed E-state index contributed by atoms with van der Waals surface area (Å²) in [5.74, 6) is -0.427. The second-order valence-electron chi connectivity index (χ2n) is 6.68. The van der Waals surface area contributed by atoms with Crippen LogP contribution in [-0.4, -0.2) is 15.4 Å². The van der Waals surface area contributed by atoms with Gasteiger partial charge in [-0.2, -0.15) is 0 Å². The third-order valence-corrected chi connectivity index (χ3v) is 4.64. The van der Waals surface area contributed by atoms with Crippen LogP contribution in [0.25, 0.3) is 5.65 Å². The zero-order valence-electron chi connectivity index (χ0n) is 16.1. The van der Waals surface area contributed by atoms with Crippen molar-refractivity contribution in [2.45, 2.75) is 13.2 Å². The molecule has 0 aliphatic rings. The molecule has 6 nitrogen and oxygen atoms in total. The summed E-state index contributed by atoms with van der Waals surface area (Å²) in [5.41, 5.74) is 1.49. The quantitative estimate of drug-likeness (QED) is 0.417. The SMILES string of the molecule is O=C(OCc1cc(=O)n2cc(Cl)ccc2n1)c1cccc(OCc2ccc(F)cc2)c1. The molecule has 0 spiro atoms. The predicted octanol–water partition coefficient (Wildman–Crippen LogP) is 4.42. The fourth-order valence-electron chi connectivity index (χ4n) is 2.88. The standard InChI is InChI=1S/C23H16ClFN2O4/c24-17-6-9-21-26-19(11-22(28)27(21)12-17)14-31-23(29)16-2-1-3-20(10-16)30-13-15-4-7-18(25)8-5-15/h1-12H,13-14H2. The van der Waals surface area contributed by atoms with Crippen molar-refractivity contribution >= 4 is 23.2 Å². The molecule has 0 aliphatic carbocycles. The summed E-state index contributed by atoms with van der Waals surface area (Å²) in [6.07, 6.45) is 1.47. The van der Waals surface area contributed by atoms with E-state index in [1.54, 1.807) is 48.5 Å². The van der Waals surface area contributed by atoms with Gasteiger partial charge in [-0.3, -0.25) is 9.20 Å². The van der Waals surface area contributed by atoms with Crippen LogP contribution in [0.2, 0.25) is 5.02 Å². The molecule has 0 bridgehead atoms. The molecular weight excluding hydrogens is 423 g/mol. The van der Waals surface area contributed by atoms with E-state index in [9.17, 15) is 14.0 Å². The van der Waals surface area contributed by atoms with Gasteiger partial charge in [0.25, 0.3) is 5.56 Å². The first-order valence-corrected chi connectivity index (χ1v) is 9.68. The second-order valence-corrected chi connectivity index (χ2v) is 7.12. The number of hydrogen-bond acceptors (Lipinski definition) is 5. The van der Waals surface area contributed by atoms with E-state index in [0.29, 0.717) is 27.7 Å². The van der Waals surface area contributed by atoms with Gasteiger partial charge in [-0.15, -0.1) is 0 Å². The van der Waals surface area contributed by atoms with Crippen molar-refractivity contribution in [3.63, 3.8) is 0 Å². The van der Waals surface area contributed by atoms with E-state index in [1.807, 2.05) is 0 Å². The van der Waals surface area contributed by atoms with Gasteiger partial charge in [-0.25, -0.2) is 14.2 Å². The van der Waals surface area contributed by atoms with Gasteiger partial charge in [0.05, 0.1) is 16.3 Å². The van der Waals surface area contributed by atoms with Gasteiger partial charge in [-0.1, -0.05) is 29.8 Å². The topological polar surface area (TPSA) is 69.9 Å². The molecule has 0 saturated heterocycles. The molecule has 0 N–H and O–H groups in total. The molecule has 0 saturated carbocycles. The van der Waals surface area contributed by atoms with Crippen LogP contribution >= 0.6 is 11.6 Å². The summed E-state index contributed by atoms with van der Waals surface area (Å²) in [5, 5.41) is 0.414. The Morgan fingerprint density at radius 2 is 1.84 bits per heavy atom. The number of esters is 1. The highest BCUT2D eigenvalue weighted by molar-refractivity contribution is 6.30. The number of ether oxygens (including phenoxy) is 2. The molecule has 0 aliphatic heterocycles. The third kappa shape index (κ3) is 5.07. The molecule has 4 aromatic rings. The maximum absolute atomic E-state index is 13.0. The monoisotopic (exact) mass is 438 g/mol. The molecule has 0 amide bonds. The predicted molar refractivity (Wildman–Crippen MR) is 113 cm³/mol. The molecule has 0 fully saturated rings. The van der Waals surface area contributed by atoms with Gasteiger partial charge in [0.1, 0.15) is 30.4 Å². The Morgan fingerprint density at radius 1 is 1.03 bits per heavy atom. The molecule has 0 atom stereocenters. The lowest BCUT2D eigenvalue weighted by molar-refractivity contribution is 0.0467. The molecule has 2 aromatic carbocycles. The van der Waals surface area contributed by atoms with Crippen molar-refractivity contribution in [3.05, 3.63) is 111 Å². The van der Waals surface area contributed by atoms with E-state index < -0.39 is 5.97 Å². The highest BCUT2D eigenvalue weighted by Gasteiger charge is 2.11. The molecule has 8 heteroatoms. The first-order chi connectivity index (χ1) is 15.0. The van der Waals surface area contributed by atoms with Crippen molar-refractivity contribution in [2.24, 2.45) is 0 Å². The van der Waals surface area contributed by atoms with Crippen LogP contribution in [0.5, 0.6) is 5.75 Å². The molecule has 2 aromatic heterocycles. The Balaban J connectivity index is 1.41. The van der Waals surface area contributed by atoms with E-state index in [2.05, 4.69) is 4.98 Å². The number of carbonyl (C=O) groups excluding carboxylic acids is 1. The normalized spacial score (nSPS) is 10.8. The Morgan fingerprint density at radius 3 is 2.65 bits per heavy atom. The van der Waals surface area contributed by atoms with E-state index >= 15 is 0 Å². The Bertz CT molecular complexity index is 1310. The van der Waals surface area contributed by atoms with E-state index in [-0.39, 0.29) is 24.6 Å². The molecule has 4 rings (SSSR count). The van der Waals surface area contributed by atoms with Crippen LogP contribution in [0.15, 0.2) is 77.7 Å². The highest BCUT2D eigenvalue weighted by atomic mass is 35.5. The minimum atomic E-state index is -0.578. The molecule has 2 heterocycles. The van der Waals surface area contributed by atoms with Crippen molar-refractivity contribution in [3.8, 4) is 5.75 Å². The Kier molecular flexibility index (Phi) is 5.95. The third-order valence-electron chi connectivity index (χ3n) is 4.42. The minimum absolute atomic E-state index is 0.159. The molecule has 156 valence electrons. The minimum Gasteiger partial charge on any atom is -0.489 e. The van der Waals surface area contributed by atoms with Crippen LogP contribution < -0.4 is 10.3 Å². The van der Waals surface area contributed by atoms with E-state index in [4.69, 9.17) is 21.1 Å². The molecular formula is C23H16ClFN2O4. The first kappa shape index (κ1) is 20.6. The zero-order chi connectivity index (χ0) is 21.8. The summed E-state index contributed by atoms with van der Waals surface area (Å²) in [6.45, 7) is 0.0710. The Hall–Kier alpha value is -3.71. The lowest BCUT2D eigenvalue weighted by Gasteiger charge is -2.09. The summed E-state index contributed by atoms with van der Waals surface area (Å²) < 4.78 is 25.3. The maximum atomic E-state index is 13.0. The number of hydrogen-bond donors (Lipinski definition) is 0. The average Bonchev–Trinajstić information content (AvgIpc) is 2.78. The number of rotatable bonds is 6. The van der Waals surface area contributed by atoms with Crippen LogP contribution in [0.1, 0.15) is 21.6 Å². The van der Waals surface area contributed by atoms with Gasteiger partial charge in [0, 0.05) is 12.3 Å². The van der Waals surface area contributed by atoms with Crippen LogP contribution in [0.3, 0.4) is 0 Å². The fraction of sp³-hybridized carbons (Fsp3) is 0.0870. The summed E-state index contributed by atoms with van der Waals surface area (Å²) in [7, 11) is 0. The van der Waals surface area contributed by atoms with Crippen molar-refractivity contribution in [1.29, 1.82) is 0 Å². The molecule has 31 heavy (non-hydrogen) atoms. The van der Waals surface area contributed by atoms with Crippen molar-refractivity contribution in [1.82, 2.24) is 9.38 Å². The highest BCUT2D eigenvalue weighted by Crippen LogP contribution is 2.17. The number of nitrogens with zero attached hydrogens (tertiary/aromatic N) is 2. The number of halogens is 2. The molecule has 0 unspecified atom stereocenters. The lowest BCUT2D eigenvalue weighted by atomic mass is 10.2. The van der Waals surface area contributed by atoms with Gasteiger partial charge >= 0.3 is 5.97 Å². The van der Waals surface area contributed by atoms with Gasteiger partial charge in [0.2, 0.25) is 0 Å². The first-order valence-electron chi connectivity index (χ1n) is 9.30. The number of carbonyl (C=O) groups is 1. The van der Waals surface area contributed by atoms with Crippen molar-refractivity contribution < 1.29 is 18.7 Å².